The summed E-state index contributed by atoms with van der Waals surface area (Å²) in [5, 5.41) is 21.7. The van der Waals surface area contributed by atoms with E-state index in [1.807, 2.05) is 0 Å². The van der Waals surface area contributed by atoms with Gasteiger partial charge in [-0.2, -0.15) is 13.2 Å². The summed E-state index contributed by atoms with van der Waals surface area (Å²) in [6.07, 6.45) is -4.80. The third kappa shape index (κ3) is 6.03. The van der Waals surface area contributed by atoms with Crippen LogP contribution >= 0.6 is 11.6 Å². The molecule has 0 unspecified atom stereocenters. The van der Waals surface area contributed by atoms with E-state index in [4.69, 9.17) is 11.6 Å². The van der Waals surface area contributed by atoms with Gasteiger partial charge in [0.2, 0.25) is 0 Å². The Morgan fingerprint density at radius 2 is 1.85 bits per heavy atom. The number of aliphatic hydroxyl groups excluding tert-OH is 1. The molecule has 5 rings (SSSR count). The van der Waals surface area contributed by atoms with Crippen LogP contribution in [0.2, 0.25) is 5.02 Å². The zero-order valence-electron chi connectivity index (χ0n) is 20.5. The summed E-state index contributed by atoms with van der Waals surface area (Å²) in [5.41, 5.74) is -0.0707. The molecule has 1 aliphatic rings. The average molecular weight is 599 g/mol. The van der Waals surface area contributed by atoms with Crippen molar-refractivity contribution in [1.29, 1.82) is 0 Å². The highest BCUT2D eigenvalue weighted by molar-refractivity contribution is 7.92. The fraction of sp³-hybridized carbons (Fsp3) is 0.348. The summed E-state index contributed by atoms with van der Waals surface area (Å²) >= 11 is 5.91. The second-order valence-corrected chi connectivity index (χ2v) is 11.8. The summed E-state index contributed by atoms with van der Waals surface area (Å²) < 4.78 is 65.2. The quantitative estimate of drug-likeness (QED) is 0.294. The largest absolute Gasteiger partial charge is 0.416 e. The predicted octanol–water partition coefficient (Wildman–Crippen LogP) is 1.77. The van der Waals surface area contributed by atoms with Crippen LogP contribution in [0, 0.1) is 5.92 Å². The lowest BCUT2D eigenvalue weighted by atomic mass is 10.2. The number of anilines is 1. The minimum Gasteiger partial charge on any atom is -0.382 e. The lowest BCUT2D eigenvalue weighted by molar-refractivity contribution is -0.207. The predicted molar refractivity (Wildman–Crippen MR) is 138 cm³/mol. The van der Waals surface area contributed by atoms with Crippen molar-refractivity contribution in [2.45, 2.75) is 25.4 Å². The van der Waals surface area contributed by atoms with Crippen molar-refractivity contribution in [3.05, 3.63) is 70.3 Å². The van der Waals surface area contributed by atoms with Crippen molar-refractivity contribution >= 4 is 27.3 Å². The number of alkyl halides is 3. The fourth-order valence-corrected chi connectivity index (χ4v) is 5.86. The second kappa shape index (κ2) is 10.7. The number of nitrogens with one attached hydrogen (secondary N) is 1. The number of benzene rings is 1. The number of pyridine rings is 1. The first-order valence-electron chi connectivity index (χ1n) is 11.9. The number of hydrogen-bond acceptors (Lipinski definition) is 9. The molecule has 12 nitrogen and oxygen atoms in total. The first-order chi connectivity index (χ1) is 18.9. The van der Waals surface area contributed by atoms with E-state index < -0.39 is 34.4 Å². The van der Waals surface area contributed by atoms with E-state index in [9.17, 15) is 31.5 Å². The van der Waals surface area contributed by atoms with Gasteiger partial charge in [0.05, 0.1) is 18.1 Å². The Morgan fingerprint density at radius 1 is 1.12 bits per heavy atom. The molecule has 2 N–H and O–H groups in total. The Bertz CT molecular complexity index is 1670. The minimum absolute atomic E-state index is 0.0288. The van der Waals surface area contributed by atoms with Gasteiger partial charge in [0, 0.05) is 29.2 Å². The van der Waals surface area contributed by atoms with E-state index in [1.54, 1.807) is 18.3 Å². The van der Waals surface area contributed by atoms with Gasteiger partial charge in [-0.25, -0.2) is 32.5 Å². The molecule has 1 atom stereocenters. The van der Waals surface area contributed by atoms with Crippen LogP contribution in [0.5, 0.6) is 0 Å². The molecule has 4 heterocycles. The summed E-state index contributed by atoms with van der Waals surface area (Å²) in [4.78, 5) is 21.6. The summed E-state index contributed by atoms with van der Waals surface area (Å²) in [6.45, 7) is -0.936. The van der Waals surface area contributed by atoms with Gasteiger partial charge in [0.25, 0.3) is 0 Å². The molecule has 4 aromatic rings. The second-order valence-electron chi connectivity index (χ2n) is 9.24. The fourth-order valence-electron chi connectivity index (χ4n) is 4.16. The summed E-state index contributed by atoms with van der Waals surface area (Å²) in [6, 6.07) is 9.37. The zero-order chi connectivity index (χ0) is 28.7. The van der Waals surface area contributed by atoms with E-state index in [1.165, 1.54) is 35.3 Å². The van der Waals surface area contributed by atoms with Crippen molar-refractivity contribution in [3.63, 3.8) is 0 Å². The molecule has 1 aromatic carbocycles. The lowest BCUT2D eigenvalue weighted by Gasteiger charge is -2.26. The molecule has 0 spiro atoms. The maximum absolute atomic E-state index is 13.1. The molecule has 3 aromatic heterocycles. The van der Waals surface area contributed by atoms with Crippen LogP contribution in [-0.4, -0.2) is 78.0 Å². The Labute approximate surface area is 230 Å². The monoisotopic (exact) mass is 598 g/mol. The Kier molecular flexibility index (Phi) is 7.41. The normalized spacial score (nSPS) is 16.0. The molecule has 40 heavy (non-hydrogen) atoms. The molecule has 1 fully saturated rings. The Balaban J connectivity index is 1.40. The summed E-state index contributed by atoms with van der Waals surface area (Å²) in [7, 11) is -2.96. The molecule has 0 bridgehead atoms. The first-order valence-corrected chi connectivity index (χ1v) is 14.1. The number of halogens is 4. The van der Waals surface area contributed by atoms with Crippen LogP contribution < -0.4 is 11.0 Å². The van der Waals surface area contributed by atoms with Crippen LogP contribution in [-0.2, 0) is 22.9 Å². The minimum atomic E-state index is -4.94. The average Bonchev–Trinajstić information content (AvgIpc) is 3.47. The van der Waals surface area contributed by atoms with E-state index in [-0.39, 0.29) is 35.6 Å². The number of aliphatic hydroxyl groups is 1. The number of hydrogen-bond donors (Lipinski definition) is 2. The van der Waals surface area contributed by atoms with Crippen LogP contribution in [0.25, 0.3) is 17.1 Å². The molecular weight excluding hydrogens is 577 g/mol. The Morgan fingerprint density at radius 3 is 2.52 bits per heavy atom. The molecule has 1 aliphatic heterocycles. The van der Waals surface area contributed by atoms with Crippen LogP contribution in [0.1, 0.15) is 5.82 Å². The molecule has 17 heteroatoms. The number of aromatic nitrogens is 7. The number of nitrogens with zero attached hydrogens (tertiary/aromatic N) is 7. The number of rotatable bonds is 9. The third-order valence-electron chi connectivity index (χ3n) is 6.16. The van der Waals surface area contributed by atoms with Gasteiger partial charge in [-0.1, -0.05) is 11.6 Å². The van der Waals surface area contributed by atoms with Crippen molar-refractivity contribution in [2.75, 3.05) is 23.4 Å². The van der Waals surface area contributed by atoms with Crippen molar-refractivity contribution < 1.29 is 26.7 Å². The Hall–Kier alpha value is -3.76. The highest BCUT2D eigenvalue weighted by Crippen LogP contribution is 2.25. The molecule has 1 saturated heterocycles. The maximum Gasteiger partial charge on any atom is 0.416 e. The van der Waals surface area contributed by atoms with Crippen LogP contribution in [0.4, 0.5) is 19.0 Å². The summed E-state index contributed by atoms with van der Waals surface area (Å²) in [5.74, 6) is 0.658. The van der Waals surface area contributed by atoms with Gasteiger partial charge < -0.3 is 10.4 Å². The smallest absolute Gasteiger partial charge is 0.382 e. The van der Waals surface area contributed by atoms with E-state index in [0.717, 1.165) is 9.25 Å². The van der Waals surface area contributed by atoms with Crippen LogP contribution in [0.3, 0.4) is 0 Å². The number of sulfone groups is 1. The molecule has 0 radical (unpaired) electrons. The van der Waals surface area contributed by atoms with Gasteiger partial charge >= 0.3 is 11.9 Å². The standard InChI is InChI=1S/C23H22ClF3N8O4S/c24-16-5-3-15(4-6-16)21-32-34(22(37)33(21)9-18(36)23(25,26)27)10-19-30-13-35(31-19)17-2-1-7-28-20(17)29-8-14-11-40(38,39)12-14/h1-7,13-14,18,36H,8-12H2,(H,28,29)/t18-/m0/s1. The molecule has 212 valence electrons. The molecular formula is C23H22ClF3N8O4S. The highest BCUT2D eigenvalue weighted by Gasteiger charge is 2.39. The molecule has 0 aliphatic carbocycles. The van der Waals surface area contributed by atoms with Crippen molar-refractivity contribution in [2.24, 2.45) is 5.92 Å². The van der Waals surface area contributed by atoms with Crippen LogP contribution in [0.15, 0.2) is 53.7 Å². The van der Waals surface area contributed by atoms with Gasteiger partial charge in [-0.3, -0.25) is 4.57 Å². The maximum atomic E-state index is 13.1. The van der Waals surface area contributed by atoms with Gasteiger partial charge in [-0.05, 0) is 36.4 Å². The van der Waals surface area contributed by atoms with Gasteiger partial charge in [0.15, 0.2) is 33.4 Å². The molecule has 0 amide bonds. The van der Waals surface area contributed by atoms with Gasteiger partial charge in [0.1, 0.15) is 18.6 Å². The highest BCUT2D eigenvalue weighted by atomic mass is 35.5. The topological polar surface area (TPSA) is 150 Å². The lowest BCUT2D eigenvalue weighted by Crippen LogP contribution is -2.40. The van der Waals surface area contributed by atoms with Crippen molar-refractivity contribution in [1.82, 2.24) is 34.1 Å². The SMILES string of the molecule is O=c1n(Cc2ncn(-c3cccnc3NCC3CS(=O)(=O)C3)n2)nc(-c2ccc(Cl)cc2)n1C[C@H](O)C(F)(F)F. The first kappa shape index (κ1) is 27.8. The van der Waals surface area contributed by atoms with Crippen molar-refractivity contribution in [3.8, 4) is 17.1 Å². The van der Waals surface area contributed by atoms with E-state index in [2.05, 4.69) is 25.5 Å². The third-order valence-corrected chi connectivity index (χ3v) is 8.37. The van der Waals surface area contributed by atoms with E-state index in [0.29, 0.717) is 28.6 Å². The molecule has 0 saturated carbocycles. The zero-order valence-corrected chi connectivity index (χ0v) is 22.1. The van der Waals surface area contributed by atoms with Gasteiger partial charge in [-0.15, -0.1) is 10.2 Å². The van der Waals surface area contributed by atoms with E-state index >= 15 is 0 Å².